The summed E-state index contributed by atoms with van der Waals surface area (Å²) in [6, 6.07) is 3.68. The van der Waals surface area contributed by atoms with E-state index in [1.165, 1.54) is 32.1 Å². The van der Waals surface area contributed by atoms with Crippen LogP contribution in [-0.4, -0.2) is 11.5 Å². The second kappa shape index (κ2) is 5.94. The largest absolute Gasteiger partial charge is 0.396 e. The Morgan fingerprint density at radius 3 is 2.89 bits per heavy atom. The number of nitrogens with zero attached hydrogens (tertiary/aromatic N) is 1. The van der Waals surface area contributed by atoms with Crippen LogP contribution in [0.25, 0.3) is 0 Å². The molecule has 100 valence electrons. The van der Waals surface area contributed by atoms with Gasteiger partial charge in [-0.1, -0.05) is 26.2 Å². The van der Waals surface area contributed by atoms with E-state index in [0.717, 1.165) is 24.2 Å². The summed E-state index contributed by atoms with van der Waals surface area (Å²) in [5.41, 5.74) is 11.9. The molecule has 0 saturated heterocycles. The van der Waals surface area contributed by atoms with E-state index in [-0.39, 0.29) is 0 Å². The first-order chi connectivity index (χ1) is 8.65. The molecule has 1 saturated carbocycles. The average molecular weight is 248 g/mol. The second-order valence-corrected chi connectivity index (χ2v) is 5.52. The lowest BCUT2D eigenvalue weighted by Gasteiger charge is -2.26. The molecule has 0 amide bonds. The highest BCUT2D eigenvalue weighted by molar-refractivity contribution is 5.61. The van der Waals surface area contributed by atoms with Gasteiger partial charge in [-0.25, -0.2) is 4.98 Å². The topological polar surface area (TPSA) is 77.0 Å². The lowest BCUT2D eigenvalue weighted by atomic mass is 9.81. The Morgan fingerprint density at radius 2 is 2.17 bits per heavy atom. The molecule has 1 aliphatic carbocycles. The van der Waals surface area contributed by atoms with E-state index >= 15 is 0 Å². The minimum atomic E-state index is 0.409. The molecule has 2 atom stereocenters. The summed E-state index contributed by atoms with van der Waals surface area (Å²) in [6.07, 6.45) is 6.76. The summed E-state index contributed by atoms with van der Waals surface area (Å²) in [5.74, 6) is 3.00. The number of nitrogens with two attached hydrogens (primary N) is 2. The van der Waals surface area contributed by atoms with Gasteiger partial charge in [0.25, 0.3) is 0 Å². The standard InChI is InChI=1S/C14H24N4/c1-10-3-2-4-11(9-10)7-8-17-13-6-5-12(15)14(16)18-13/h5-6,10-11H,2-4,7-9,15H2,1H3,(H3,16,17,18). The Labute approximate surface area is 109 Å². The van der Waals surface area contributed by atoms with Gasteiger partial charge in [-0.3, -0.25) is 0 Å². The van der Waals surface area contributed by atoms with Gasteiger partial charge in [0.15, 0.2) is 0 Å². The zero-order valence-electron chi connectivity index (χ0n) is 11.2. The maximum atomic E-state index is 5.68. The third-order valence-electron chi connectivity index (χ3n) is 3.86. The highest BCUT2D eigenvalue weighted by Crippen LogP contribution is 2.30. The van der Waals surface area contributed by atoms with Crippen molar-refractivity contribution in [3.63, 3.8) is 0 Å². The fourth-order valence-electron chi connectivity index (χ4n) is 2.81. The summed E-state index contributed by atoms with van der Waals surface area (Å²) < 4.78 is 0. The molecule has 0 spiro atoms. The smallest absolute Gasteiger partial charge is 0.149 e. The normalized spacial score (nSPS) is 23.8. The number of hydrogen-bond donors (Lipinski definition) is 3. The van der Waals surface area contributed by atoms with Crippen molar-refractivity contribution in [1.29, 1.82) is 0 Å². The molecule has 1 aromatic rings. The van der Waals surface area contributed by atoms with Gasteiger partial charge in [-0.2, -0.15) is 0 Å². The summed E-state index contributed by atoms with van der Waals surface area (Å²) in [5, 5.41) is 3.33. The Balaban J connectivity index is 1.76. The van der Waals surface area contributed by atoms with Crippen LogP contribution in [0.4, 0.5) is 17.3 Å². The number of hydrogen-bond acceptors (Lipinski definition) is 4. The molecule has 2 rings (SSSR count). The first-order valence-corrected chi connectivity index (χ1v) is 6.91. The van der Waals surface area contributed by atoms with Gasteiger partial charge >= 0.3 is 0 Å². The maximum Gasteiger partial charge on any atom is 0.149 e. The number of rotatable bonds is 4. The van der Waals surface area contributed by atoms with Crippen LogP contribution >= 0.6 is 0 Å². The van der Waals surface area contributed by atoms with Crippen LogP contribution in [-0.2, 0) is 0 Å². The highest BCUT2D eigenvalue weighted by Gasteiger charge is 2.18. The summed E-state index contributed by atoms with van der Waals surface area (Å²) in [4.78, 5) is 4.21. The molecular weight excluding hydrogens is 224 g/mol. The molecule has 1 aromatic heterocycles. The van der Waals surface area contributed by atoms with E-state index in [2.05, 4.69) is 17.2 Å². The van der Waals surface area contributed by atoms with E-state index in [9.17, 15) is 0 Å². The second-order valence-electron chi connectivity index (χ2n) is 5.52. The predicted molar refractivity (Wildman–Crippen MR) is 77.3 cm³/mol. The number of pyridine rings is 1. The van der Waals surface area contributed by atoms with Crippen LogP contribution in [0.3, 0.4) is 0 Å². The van der Waals surface area contributed by atoms with Crippen molar-refractivity contribution in [3.05, 3.63) is 12.1 Å². The van der Waals surface area contributed by atoms with E-state index in [4.69, 9.17) is 11.5 Å². The average Bonchev–Trinajstić information content (AvgIpc) is 2.34. The Bertz CT molecular complexity index is 391. The van der Waals surface area contributed by atoms with Gasteiger partial charge in [0.2, 0.25) is 0 Å². The van der Waals surface area contributed by atoms with Crippen LogP contribution in [0.1, 0.15) is 39.0 Å². The van der Waals surface area contributed by atoms with Crippen molar-refractivity contribution >= 4 is 17.3 Å². The molecule has 0 aliphatic heterocycles. The molecular formula is C14H24N4. The molecule has 5 N–H and O–H groups in total. The van der Waals surface area contributed by atoms with E-state index in [0.29, 0.717) is 11.5 Å². The van der Waals surface area contributed by atoms with Gasteiger partial charge in [0.1, 0.15) is 11.6 Å². The van der Waals surface area contributed by atoms with Crippen LogP contribution in [0.5, 0.6) is 0 Å². The summed E-state index contributed by atoms with van der Waals surface area (Å²) in [6.45, 7) is 3.33. The molecule has 0 radical (unpaired) electrons. The number of nitrogen functional groups attached to an aromatic ring is 2. The molecule has 4 heteroatoms. The number of aromatic nitrogens is 1. The van der Waals surface area contributed by atoms with Crippen molar-refractivity contribution in [1.82, 2.24) is 4.98 Å². The molecule has 1 fully saturated rings. The first-order valence-electron chi connectivity index (χ1n) is 6.91. The molecule has 18 heavy (non-hydrogen) atoms. The Kier molecular flexibility index (Phi) is 4.28. The van der Waals surface area contributed by atoms with E-state index < -0.39 is 0 Å². The third-order valence-corrected chi connectivity index (χ3v) is 3.86. The Morgan fingerprint density at radius 1 is 1.33 bits per heavy atom. The number of anilines is 3. The number of nitrogens with one attached hydrogen (secondary N) is 1. The fourth-order valence-corrected chi connectivity index (χ4v) is 2.81. The van der Waals surface area contributed by atoms with Gasteiger partial charge in [-0.05, 0) is 36.8 Å². The zero-order valence-corrected chi connectivity index (χ0v) is 11.2. The van der Waals surface area contributed by atoms with Crippen LogP contribution in [0, 0.1) is 11.8 Å². The fraction of sp³-hybridized carbons (Fsp3) is 0.643. The van der Waals surface area contributed by atoms with Crippen LogP contribution in [0.15, 0.2) is 12.1 Å². The molecule has 0 bridgehead atoms. The predicted octanol–water partition coefficient (Wildman–Crippen LogP) is 2.87. The lowest BCUT2D eigenvalue weighted by Crippen LogP contribution is -2.17. The van der Waals surface area contributed by atoms with Gasteiger partial charge in [0.05, 0.1) is 5.69 Å². The highest BCUT2D eigenvalue weighted by atomic mass is 15.0. The van der Waals surface area contributed by atoms with E-state index in [1.807, 2.05) is 6.07 Å². The van der Waals surface area contributed by atoms with Crippen LogP contribution < -0.4 is 16.8 Å². The summed E-state index contributed by atoms with van der Waals surface area (Å²) in [7, 11) is 0. The minimum Gasteiger partial charge on any atom is -0.396 e. The zero-order chi connectivity index (χ0) is 13.0. The van der Waals surface area contributed by atoms with Gasteiger partial charge in [-0.15, -0.1) is 0 Å². The third kappa shape index (κ3) is 3.52. The maximum absolute atomic E-state index is 5.68. The van der Waals surface area contributed by atoms with Crippen molar-refractivity contribution in [3.8, 4) is 0 Å². The summed E-state index contributed by atoms with van der Waals surface area (Å²) >= 11 is 0. The molecule has 1 aliphatic rings. The lowest BCUT2D eigenvalue weighted by molar-refractivity contribution is 0.274. The van der Waals surface area contributed by atoms with Crippen LogP contribution in [0.2, 0.25) is 0 Å². The molecule has 4 nitrogen and oxygen atoms in total. The SMILES string of the molecule is CC1CCCC(CCNc2ccc(N)c(N)n2)C1. The monoisotopic (exact) mass is 248 g/mol. The van der Waals surface area contributed by atoms with Gasteiger partial charge in [0, 0.05) is 6.54 Å². The minimum absolute atomic E-state index is 0.409. The van der Waals surface area contributed by atoms with E-state index in [1.54, 1.807) is 6.07 Å². The molecule has 0 aromatic carbocycles. The Hall–Kier alpha value is -1.45. The van der Waals surface area contributed by atoms with Gasteiger partial charge < -0.3 is 16.8 Å². The van der Waals surface area contributed by atoms with Crippen molar-refractivity contribution in [2.75, 3.05) is 23.3 Å². The van der Waals surface area contributed by atoms with Crippen molar-refractivity contribution < 1.29 is 0 Å². The molecule has 2 unspecified atom stereocenters. The molecule has 1 heterocycles. The van der Waals surface area contributed by atoms with Crippen molar-refractivity contribution in [2.45, 2.75) is 39.0 Å². The first kappa shape index (κ1) is 13.0. The quantitative estimate of drug-likeness (QED) is 0.765. The van der Waals surface area contributed by atoms with Crippen molar-refractivity contribution in [2.24, 2.45) is 11.8 Å².